The van der Waals surface area contributed by atoms with E-state index in [9.17, 15) is 14.4 Å². The molecular weight excluding hydrogens is 390 g/mol. The summed E-state index contributed by atoms with van der Waals surface area (Å²) < 4.78 is 0. The first-order valence-electron chi connectivity index (χ1n) is 9.48. The van der Waals surface area contributed by atoms with Crippen molar-refractivity contribution >= 4 is 34.9 Å². The SMILES string of the molecule is CC(=O)NCc1ccc(-c2cc(NC(N)=O)c(C(=O)N[C@H]3CCCNC3)s2)cc1. The quantitative estimate of drug-likeness (QED) is 0.495. The Morgan fingerprint density at radius 2 is 2.00 bits per heavy atom. The van der Waals surface area contributed by atoms with E-state index in [1.54, 1.807) is 6.07 Å². The third-order valence-corrected chi connectivity index (χ3v) is 5.79. The molecule has 6 N–H and O–H groups in total. The third-order valence-electron chi connectivity index (χ3n) is 4.61. The van der Waals surface area contributed by atoms with E-state index in [1.807, 2.05) is 24.3 Å². The average Bonchev–Trinajstić information content (AvgIpc) is 3.10. The normalized spacial score (nSPS) is 16.1. The van der Waals surface area contributed by atoms with Crippen molar-refractivity contribution in [2.75, 3.05) is 18.4 Å². The van der Waals surface area contributed by atoms with Crippen molar-refractivity contribution in [3.63, 3.8) is 0 Å². The molecule has 29 heavy (non-hydrogen) atoms. The van der Waals surface area contributed by atoms with Crippen LogP contribution in [0.1, 0.15) is 35.0 Å². The number of carbonyl (C=O) groups is 3. The minimum Gasteiger partial charge on any atom is -0.352 e. The Morgan fingerprint density at radius 3 is 2.62 bits per heavy atom. The van der Waals surface area contributed by atoms with Gasteiger partial charge < -0.3 is 27.0 Å². The molecule has 4 amide bonds. The van der Waals surface area contributed by atoms with E-state index in [1.165, 1.54) is 18.3 Å². The number of primary amides is 1. The molecule has 1 aliphatic heterocycles. The molecule has 8 nitrogen and oxygen atoms in total. The minimum absolute atomic E-state index is 0.0660. The second-order valence-corrected chi connectivity index (χ2v) is 8.02. The molecule has 0 unspecified atom stereocenters. The summed E-state index contributed by atoms with van der Waals surface area (Å²) in [4.78, 5) is 36.5. The Morgan fingerprint density at radius 1 is 1.24 bits per heavy atom. The highest BCUT2D eigenvalue weighted by molar-refractivity contribution is 7.18. The highest BCUT2D eigenvalue weighted by Crippen LogP contribution is 2.35. The summed E-state index contributed by atoms with van der Waals surface area (Å²) in [7, 11) is 0. The number of hydrogen-bond donors (Lipinski definition) is 5. The molecule has 0 aliphatic carbocycles. The Hall–Kier alpha value is -2.91. The molecule has 1 aliphatic rings. The van der Waals surface area contributed by atoms with Crippen LogP contribution in [0.5, 0.6) is 0 Å². The molecule has 1 aromatic carbocycles. The van der Waals surface area contributed by atoms with Crippen molar-refractivity contribution in [3.05, 3.63) is 40.8 Å². The summed E-state index contributed by atoms with van der Waals surface area (Å²) in [5.74, 6) is -0.306. The fourth-order valence-corrected chi connectivity index (χ4v) is 4.19. The van der Waals surface area contributed by atoms with E-state index < -0.39 is 6.03 Å². The van der Waals surface area contributed by atoms with Crippen molar-refractivity contribution < 1.29 is 14.4 Å². The standard InChI is InChI=1S/C20H25N5O3S/c1-12(26)23-10-13-4-6-14(7-5-13)17-9-16(25-20(21)28)18(29-17)19(27)24-15-3-2-8-22-11-15/h4-7,9,15,22H,2-3,8,10-11H2,1H3,(H,23,26)(H,24,27)(H3,21,25,28)/t15-/m0/s1. The summed E-state index contributed by atoms with van der Waals surface area (Å²) in [6.45, 7) is 3.63. The Bertz CT molecular complexity index is 888. The van der Waals surface area contributed by atoms with Gasteiger partial charge in [0.05, 0.1) is 5.69 Å². The maximum absolute atomic E-state index is 12.8. The molecule has 1 aromatic heterocycles. The number of amides is 4. The van der Waals surface area contributed by atoms with Gasteiger partial charge in [-0.1, -0.05) is 24.3 Å². The number of urea groups is 1. The van der Waals surface area contributed by atoms with E-state index in [4.69, 9.17) is 5.73 Å². The lowest BCUT2D eigenvalue weighted by Crippen LogP contribution is -2.45. The zero-order valence-electron chi connectivity index (χ0n) is 16.2. The summed E-state index contributed by atoms with van der Waals surface area (Å²) in [6.07, 6.45) is 1.93. The predicted molar refractivity (Wildman–Crippen MR) is 114 cm³/mol. The van der Waals surface area contributed by atoms with E-state index in [2.05, 4.69) is 21.3 Å². The summed E-state index contributed by atoms with van der Waals surface area (Å²) in [5.41, 5.74) is 7.57. The molecule has 0 bridgehead atoms. The smallest absolute Gasteiger partial charge is 0.316 e. The van der Waals surface area contributed by atoms with Crippen LogP contribution in [-0.4, -0.2) is 37.0 Å². The van der Waals surface area contributed by atoms with E-state index >= 15 is 0 Å². The number of anilines is 1. The van der Waals surface area contributed by atoms with Gasteiger partial charge in [0, 0.05) is 30.9 Å². The molecule has 0 radical (unpaired) electrons. The van der Waals surface area contributed by atoms with Crippen LogP contribution in [0.15, 0.2) is 30.3 Å². The molecule has 2 heterocycles. The minimum atomic E-state index is -0.714. The Labute approximate surface area is 173 Å². The average molecular weight is 416 g/mol. The summed E-state index contributed by atoms with van der Waals surface area (Å²) in [5, 5.41) is 11.6. The molecule has 9 heteroatoms. The molecule has 154 valence electrons. The zero-order chi connectivity index (χ0) is 20.8. The van der Waals surface area contributed by atoms with Crippen molar-refractivity contribution in [1.29, 1.82) is 0 Å². The number of piperidine rings is 1. The maximum Gasteiger partial charge on any atom is 0.316 e. The molecule has 1 atom stereocenters. The van der Waals surface area contributed by atoms with Crippen LogP contribution in [0.25, 0.3) is 10.4 Å². The number of rotatable bonds is 6. The van der Waals surface area contributed by atoms with Gasteiger partial charge >= 0.3 is 6.03 Å². The fraction of sp³-hybridized carbons (Fsp3) is 0.350. The Balaban J connectivity index is 1.79. The van der Waals surface area contributed by atoms with Gasteiger partial charge in [-0.25, -0.2) is 4.79 Å². The second kappa shape index (κ2) is 9.53. The molecule has 2 aromatic rings. The first kappa shape index (κ1) is 20.8. The fourth-order valence-electron chi connectivity index (χ4n) is 3.17. The van der Waals surface area contributed by atoms with Crippen LogP contribution in [-0.2, 0) is 11.3 Å². The predicted octanol–water partition coefficient (Wildman–Crippen LogP) is 2.02. The van der Waals surface area contributed by atoms with Crippen molar-refractivity contribution in [1.82, 2.24) is 16.0 Å². The maximum atomic E-state index is 12.8. The van der Waals surface area contributed by atoms with Gasteiger partial charge in [0.25, 0.3) is 5.91 Å². The number of carbonyl (C=O) groups excluding carboxylic acids is 3. The van der Waals surface area contributed by atoms with Gasteiger partial charge in [-0.3, -0.25) is 9.59 Å². The monoisotopic (exact) mass is 415 g/mol. The second-order valence-electron chi connectivity index (χ2n) is 6.97. The van der Waals surface area contributed by atoms with Crippen molar-refractivity contribution in [2.24, 2.45) is 5.73 Å². The lowest BCUT2D eigenvalue weighted by atomic mass is 10.1. The van der Waals surface area contributed by atoms with Gasteiger partial charge in [0.2, 0.25) is 5.91 Å². The van der Waals surface area contributed by atoms with Crippen LogP contribution >= 0.6 is 11.3 Å². The van der Waals surface area contributed by atoms with Crippen LogP contribution in [0.3, 0.4) is 0 Å². The first-order chi connectivity index (χ1) is 13.9. The van der Waals surface area contributed by atoms with Crippen LogP contribution in [0.2, 0.25) is 0 Å². The first-order valence-corrected chi connectivity index (χ1v) is 10.3. The van der Waals surface area contributed by atoms with Crippen LogP contribution in [0, 0.1) is 0 Å². The lowest BCUT2D eigenvalue weighted by molar-refractivity contribution is -0.119. The van der Waals surface area contributed by atoms with Gasteiger partial charge in [-0.2, -0.15) is 0 Å². The zero-order valence-corrected chi connectivity index (χ0v) is 17.0. The Kier molecular flexibility index (Phi) is 6.84. The van der Waals surface area contributed by atoms with Crippen molar-refractivity contribution in [3.8, 4) is 10.4 Å². The van der Waals surface area contributed by atoms with E-state index in [0.29, 0.717) is 17.1 Å². The highest BCUT2D eigenvalue weighted by atomic mass is 32.1. The number of benzene rings is 1. The van der Waals surface area contributed by atoms with Crippen molar-refractivity contribution in [2.45, 2.75) is 32.4 Å². The summed E-state index contributed by atoms with van der Waals surface area (Å²) in [6, 6.07) is 8.78. The van der Waals surface area contributed by atoms with E-state index in [-0.39, 0.29) is 17.9 Å². The molecule has 1 saturated heterocycles. The molecule has 3 rings (SSSR count). The number of thiophene rings is 1. The highest BCUT2D eigenvalue weighted by Gasteiger charge is 2.22. The van der Waals surface area contributed by atoms with Gasteiger partial charge in [0.1, 0.15) is 4.88 Å². The van der Waals surface area contributed by atoms with Gasteiger partial charge in [0.15, 0.2) is 0 Å². The van der Waals surface area contributed by atoms with Gasteiger partial charge in [-0.15, -0.1) is 11.3 Å². The lowest BCUT2D eigenvalue weighted by Gasteiger charge is -2.23. The topological polar surface area (TPSA) is 125 Å². The number of nitrogens with one attached hydrogen (secondary N) is 4. The molecule has 1 fully saturated rings. The van der Waals surface area contributed by atoms with E-state index in [0.717, 1.165) is 41.9 Å². The number of nitrogens with two attached hydrogens (primary N) is 1. The molecule has 0 spiro atoms. The number of hydrogen-bond acceptors (Lipinski definition) is 5. The largest absolute Gasteiger partial charge is 0.352 e. The third kappa shape index (κ3) is 5.78. The molecular formula is C20H25N5O3S. The van der Waals surface area contributed by atoms with Crippen LogP contribution < -0.4 is 27.0 Å². The van der Waals surface area contributed by atoms with Gasteiger partial charge in [-0.05, 0) is 36.6 Å². The van der Waals surface area contributed by atoms with Crippen LogP contribution in [0.4, 0.5) is 10.5 Å². The summed E-state index contributed by atoms with van der Waals surface area (Å²) >= 11 is 1.30. The molecule has 0 saturated carbocycles.